The molecule has 3 aromatic rings. The van der Waals surface area contributed by atoms with E-state index >= 15 is 0 Å². The fraction of sp³-hybridized carbons (Fsp3) is 0.174. The van der Waals surface area contributed by atoms with Gasteiger partial charge < -0.3 is 11.1 Å². The number of nitrogens with zero attached hydrogens (tertiary/aromatic N) is 2. The van der Waals surface area contributed by atoms with Crippen molar-refractivity contribution >= 4 is 33.7 Å². The van der Waals surface area contributed by atoms with Gasteiger partial charge in [0, 0.05) is 36.5 Å². The molecule has 0 radical (unpaired) electrons. The van der Waals surface area contributed by atoms with Gasteiger partial charge in [0.2, 0.25) is 5.91 Å². The lowest BCUT2D eigenvalue weighted by atomic mass is 10.0. The smallest absolute Gasteiger partial charge is 0.250 e. The summed E-state index contributed by atoms with van der Waals surface area (Å²) < 4.78 is 5.49. The molecule has 2 unspecified atom stereocenters. The molecule has 0 aliphatic carbocycles. The molecule has 2 aromatic carbocycles. The van der Waals surface area contributed by atoms with E-state index in [4.69, 9.17) is 5.73 Å². The molecule has 5 N–H and O–H groups in total. The third-order valence-electron chi connectivity index (χ3n) is 5.49. The highest BCUT2D eigenvalue weighted by atomic mass is 32.1. The van der Waals surface area contributed by atoms with Gasteiger partial charge in [0.15, 0.2) is 0 Å². The monoisotopic (exact) mass is 430 g/mol. The number of hydrogen-bond donors (Lipinski definition) is 4. The average molecular weight is 431 g/mol. The first-order valence-corrected chi connectivity index (χ1v) is 10.9. The summed E-state index contributed by atoms with van der Waals surface area (Å²) in [5.41, 5.74) is 10.3. The molecule has 0 bridgehead atoms. The summed E-state index contributed by atoms with van der Waals surface area (Å²) >= 11 is 1.30. The van der Waals surface area contributed by atoms with E-state index in [1.165, 1.54) is 22.7 Å². The van der Waals surface area contributed by atoms with Gasteiger partial charge in [-0.15, -0.1) is 0 Å². The molecule has 156 valence electrons. The van der Waals surface area contributed by atoms with Crippen LogP contribution in [0.15, 0.2) is 77.1 Å². The molecule has 2 aliphatic rings. The Balaban J connectivity index is 1.48. The van der Waals surface area contributed by atoms with E-state index in [9.17, 15) is 4.79 Å². The first-order valence-electron chi connectivity index (χ1n) is 10.1. The molecule has 5 rings (SSSR count). The number of aromatic nitrogens is 1. The number of primary amides is 1. The summed E-state index contributed by atoms with van der Waals surface area (Å²) in [6.07, 6.45) is 6.16. The van der Waals surface area contributed by atoms with Crippen LogP contribution in [0.3, 0.4) is 0 Å². The Morgan fingerprint density at radius 1 is 1.19 bits per heavy atom. The molecule has 0 fully saturated rings. The van der Waals surface area contributed by atoms with E-state index in [0.717, 1.165) is 34.4 Å². The molecule has 1 amide bonds. The number of amides is 1. The number of fused-ring (bicyclic) bond motifs is 1. The van der Waals surface area contributed by atoms with Gasteiger partial charge in [0.05, 0.1) is 22.1 Å². The van der Waals surface area contributed by atoms with E-state index in [-0.39, 0.29) is 12.3 Å². The second-order valence-electron chi connectivity index (χ2n) is 7.45. The van der Waals surface area contributed by atoms with Gasteiger partial charge in [0.25, 0.3) is 0 Å². The van der Waals surface area contributed by atoms with Crippen molar-refractivity contribution in [2.45, 2.75) is 25.3 Å². The van der Waals surface area contributed by atoms with Crippen LogP contribution in [0.2, 0.25) is 0 Å². The highest BCUT2D eigenvalue weighted by Crippen LogP contribution is 2.32. The van der Waals surface area contributed by atoms with Crippen LogP contribution in [0.4, 0.5) is 0 Å². The van der Waals surface area contributed by atoms with Gasteiger partial charge in [-0.1, -0.05) is 42.5 Å². The molecule has 2 aliphatic heterocycles. The molecule has 0 spiro atoms. The van der Waals surface area contributed by atoms with Crippen molar-refractivity contribution in [1.29, 1.82) is 0 Å². The fourth-order valence-electron chi connectivity index (χ4n) is 3.95. The van der Waals surface area contributed by atoms with Crippen LogP contribution < -0.4 is 21.7 Å². The predicted octanol–water partition coefficient (Wildman–Crippen LogP) is 2.94. The number of nitrogens with two attached hydrogens (primary N) is 1. The van der Waals surface area contributed by atoms with Crippen molar-refractivity contribution in [3.05, 3.63) is 88.9 Å². The molecule has 0 saturated heterocycles. The van der Waals surface area contributed by atoms with Crippen LogP contribution in [-0.4, -0.2) is 22.7 Å². The second kappa shape index (κ2) is 8.43. The molecule has 0 saturated carbocycles. The number of carbonyl (C=O) groups is 1. The number of hydrogen-bond acceptors (Lipinski definition) is 7. The van der Waals surface area contributed by atoms with Gasteiger partial charge in [-0.25, -0.2) is 0 Å². The minimum atomic E-state index is -0.443. The molecule has 2 atom stereocenters. The van der Waals surface area contributed by atoms with Crippen LogP contribution in [0, 0.1) is 0 Å². The average Bonchev–Trinajstić information content (AvgIpc) is 3.08. The summed E-state index contributed by atoms with van der Waals surface area (Å²) in [5.74, 6) is -0.443. The van der Waals surface area contributed by atoms with Crippen molar-refractivity contribution in [1.82, 2.24) is 20.3 Å². The Morgan fingerprint density at radius 3 is 2.90 bits per heavy atom. The van der Waals surface area contributed by atoms with Gasteiger partial charge >= 0.3 is 0 Å². The quantitative estimate of drug-likeness (QED) is 0.498. The first-order chi connectivity index (χ1) is 15.2. The number of nitrogens with one attached hydrogen (secondary N) is 3. The van der Waals surface area contributed by atoms with Crippen LogP contribution >= 0.6 is 11.5 Å². The molecular weight excluding hydrogens is 408 g/mol. The highest BCUT2D eigenvalue weighted by Gasteiger charge is 2.30. The van der Waals surface area contributed by atoms with E-state index in [1.54, 1.807) is 12.3 Å². The largest absolute Gasteiger partial charge is 0.366 e. The molecule has 31 heavy (non-hydrogen) atoms. The summed E-state index contributed by atoms with van der Waals surface area (Å²) in [4.78, 5) is 16.1. The Kier molecular flexibility index (Phi) is 5.33. The molecule has 1 aromatic heterocycles. The fourth-order valence-corrected chi connectivity index (χ4v) is 4.88. The SMILES string of the molecule is NC(=O)c1cccc2c(C3NC4=C(CC=NC=C4)C(NCc4ccccc4)N3)nsc12. The Bertz CT molecular complexity index is 1210. The first kappa shape index (κ1) is 19.6. The lowest BCUT2D eigenvalue weighted by molar-refractivity contribution is 0.100. The Labute approximate surface area is 183 Å². The predicted molar refractivity (Wildman–Crippen MR) is 123 cm³/mol. The lowest BCUT2D eigenvalue weighted by Gasteiger charge is -2.35. The van der Waals surface area contributed by atoms with Gasteiger partial charge in [-0.05, 0) is 34.8 Å². The normalized spacial score (nSPS) is 20.4. The van der Waals surface area contributed by atoms with Crippen molar-refractivity contribution < 1.29 is 4.79 Å². The maximum atomic E-state index is 11.8. The topological polar surface area (TPSA) is 104 Å². The van der Waals surface area contributed by atoms with Crippen LogP contribution in [0.1, 0.15) is 34.2 Å². The molecule has 8 heteroatoms. The van der Waals surface area contributed by atoms with Crippen LogP contribution in [-0.2, 0) is 6.54 Å². The number of rotatable bonds is 5. The molecular formula is C23H22N6OS. The maximum Gasteiger partial charge on any atom is 0.250 e. The summed E-state index contributed by atoms with van der Waals surface area (Å²) in [6.45, 7) is 0.729. The third kappa shape index (κ3) is 3.88. The third-order valence-corrected chi connectivity index (χ3v) is 6.40. The van der Waals surface area contributed by atoms with Crippen LogP contribution in [0.5, 0.6) is 0 Å². The van der Waals surface area contributed by atoms with E-state index in [2.05, 4.69) is 37.4 Å². The Hall–Kier alpha value is -3.33. The van der Waals surface area contributed by atoms with E-state index in [0.29, 0.717) is 5.56 Å². The van der Waals surface area contributed by atoms with E-state index < -0.39 is 5.91 Å². The minimum Gasteiger partial charge on any atom is -0.366 e. The number of benzene rings is 2. The number of allylic oxidation sites excluding steroid dienone is 1. The van der Waals surface area contributed by atoms with Crippen LogP contribution in [0.25, 0.3) is 10.1 Å². The summed E-state index contributed by atoms with van der Waals surface area (Å²) in [7, 11) is 0. The zero-order chi connectivity index (χ0) is 21.2. The standard InChI is InChI=1S/C23H22N6OS/c24-21(30)17-8-4-7-16-19(29-31-20(16)17)23-27-18-10-12-25-11-9-15(18)22(28-23)26-13-14-5-2-1-3-6-14/h1-8,10-12,22-23,26-28H,9,13H2,(H2,24,30). The van der Waals surface area contributed by atoms with Crippen molar-refractivity contribution in [3.8, 4) is 0 Å². The van der Waals surface area contributed by atoms with Gasteiger partial charge in [-0.2, -0.15) is 4.37 Å². The lowest BCUT2D eigenvalue weighted by Crippen LogP contribution is -2.53. The van der Waals surface area contributed by atoms with E-state index in [1.807, 2.05) is 42.6 Å². The Morgan fingerprint density at radius 2 is 2.06 bits per heavy atom. The number of aliphatic imine (C=N–C) groups is 1. The molecule has 7 nitrogen and oxygen atoms in total. The second-order valence-corrected chi connectivity index (χ2v) is 8.22. The number of carbonyl (C=O) groups excluding carboxylic acids is 1. The zero-order valence-corrected chi connectivity index (χ0v) is 17.5. The van der Waals surface area contributed by atoms with Gasteiger partial charge in [-0.3, -0.25) is 20.4 Å². The zero-order valence-electron chi connectivity index (χ0n) is 16.7. The maximum absolute atomic E-state index is 11.8. The van der Waals surface area contributed by atoms with Crippen molar-refractivity contribution in [2.24, 2.45) is 10.7 Å². The van der Waals surface area contributed by atoms with Crippen molar-refractivity contribution in [2.75, 3.05) is 0 Å². The summed E-state index contributed by atoms with van der Waals surface area (Å²) in [6, 6.07) is 15.9. The molecule has 3 heterocycles. The summed E-state index contributed by atoms with van der Waals surface area (Å²) in [5, 5.41) is 11.8. The van der Waals surface area contributed by atoms with Gasteiger partial charge in [0.1, 0.15) is 6.17 Å². The highest BCUT2D eigenvalue weighted by molar-refractivity contribution is 7.13. The van der Waals surface area contributed by atoms with Crippen molar-refractivity contribution in [3.63, 3.8) is 0 Å². The minimum absolute atomic E-state index is 0.0632.